The number of amides is 1. The van der Waals surface area contributed by atoms with Crippen molar-refractivity contribution in [3.63, 3.8) is 0 Å². The molecule has 0 saturated heterocycles. The van der Waals surface area contributed by atoms with E-state index in [9.17, 15) is 4.79 Å². The van der Waals surface area contributed by atoms with Gasteiger partial charge in [0.1, 0.15) is 0 Å². The molecule has 1 atom stereocenters. The number of carbonyl (C=O) groups excluding carboxylic acids is 1. The first-order valence-electron chi connectivity index (χ1n) is 6.81. The quantitative estimate of drug-likeness (QED) is 0.841. The second kappa shape index (κ2) is 7.38. The van der Waals surface area contributed by atoms with Gasteiger partial charge in [-0.15, -0.1) is 0 Å². The topological polar surface area (TPSA) is 59.0 Å². The van der Waals surface area contributed by atoms with Crippen molar-refractivity contribution in [2.45, 2.75) is 13.5 Å². The number of aromatic nitrogens is 2. The molecule has 112 valence electrons. The van der Waals surface area contributed by atoms with Crippen molar-refractivity contribution >= 4 is 27.8 Å². The van der Waals surface area contributed by atoms with Gasteiger partial charge in [-0.2, -0.15) is 0 Å². The zero-order valence-electron chi connectivity index (χ0n) is 12.1. The fourth-order valence-electron chi connectivity index (χ4n) is 1.98. The highest BCUT2D eigenvalue weighted by molar-refractivity contribution is 9.10. The predicted octanol–water partition coefficient (Wildman–Crippen LogP) is 2.49. The van der Waals surface area contributed by atoms with Crippen LogP contribution in [0.4, 0.5) is 5.95 Å². The van der Waals surface area contributed by atoms with Crippen molar-refractivity contribution in [3.05, 3.63) is 46.7 Å². The van der Waals surface area contributed by atoms with Crippen LogP contribution in [0.3, 0.4) is 0 Å². The second-order valence-electron chi connectivity index (χ2n) is 4.95. The number of rotatable bonds is 6. The number of hydrogen-bond donors (Lipinski definition) is 2. The summed E-state index contributed by atoms with van der Waals surface area (Å²) in [5.74, 6) is 0.436. The van der Waals surface area contributed by atoms with E-state index in [1.807, 2.05) is 49.0 Å². The van der Waals surface area contributed by atoms with Crippen molar-refractivity contribution in [2.24, 2.45) is 5.92 Å². The van der Waals surface area contributed by atoms with E-state index in [0.717, 1.165) is 10.0 Å². The van der Waals surface area contributed by atoms with Crippen molar-refractivity contribution in [3.8, 4) is 0 Å². The molecule has 0 aliphatic heterocycles. The molecule has 0 aliphatic rings. The zero-order valence-corrected chi connectivity index (χ0v) is 13.7. The number of benzene rings is 1. The number of imidazole rings is 1. The van der Waals surface area contributed by atoms with E-state index in [4.69, 9.17) is 0 Å². The molecule has 1 amide bonds. The van der Waals surface area contributed by atoms with E-state index in [2.05, 4.69) is 31.5 Å². The minimum atomic E-state index is -0.104. The Balaban J connectivity index is 2.04. The van der Waals surface area contributed by atoms with Gasteiger partial charge in [0.15, 0.2) is 0 Å². The molecular formula is C15H19BrN4O. The van der Waals surface area contributed by atoms with Crippen molar-refractivity contribution in [1.29, 1.82) is 0 Å². The lowest BCUT2D eigenvalue weighted by atomic mass is 10.1. The third kappa shape index (κ3) is 4.41. The fraction of sp³-hybridized carbons (Fsp3) is 0.333. The van der Waals surface area contributed by atoms with Crippen LogP contribution in [0, 0.1) is 5.92 Å². The molecule has 1 unspecified atom stereocenters. The number of hydrogen-bond acceptors (Lipinski definition) is 3. The Kier molecular flexibility index (Phi) is 5.52. The van der Waals surface area contributed by atoms with E-state index >= 15 is 0 Å². The lowest BCUT2D eigenvalue weighted by Crippen LogP contribution is -2.29. The Morgan fingerprint density at radius 2 is 2.10 bits per heavy atom. The maximum Gasteiger partial charge on any atom is 0.230 e. The second-order valence-corrected chi connectivity index (χ2v) is 5.87. The summed E-state index contributed by atoms with van der Waals surface area (Å²) in [5, 5.41) is 5.87. The van der Waals surface area contributed by atoms with Gasteiger partial charge in [0, 0.05) is 29.3 Å². The molecule has 0 fully saturated rings. The number of anilines is 1. The Hall–Kier alpha value is -1.66. The van der Waals surface area contributed by atoms with Crippen LogP contribution < -0.4 is 10.6 Å². The first-order valence-corrected chi connectivity index (χ1v) is 7.60. The smallest absolute Gasteiger partial charge is 0.230 e. The third-order valence-electron chi connectivity index (χ3n) is 3.17. The number of nitrogens with one attached hydrogen (secondary N) is 2. The van der Waals surface area contributed by atoms with Crippen LogP contribution in [0.1, 0.15) is 12.5 Å². The zero-order chi connectivity index (χ0) is 15.2. The Bertz CT molecular complexity index is 594. The van der Waals surface area contributed by atoms with Crippen LogP contribution in [0.2, 0.25) is 0 Å². The van der Waals surface area contributed by atoms with E-state index in [-0.39, 0.29) is 11.8 Å². The van der Waals surface area contributed by atoms with Gasteiger partial charge in [-0.1, -0.05) is 35.0 Å². The average molecular weight is 351 g/mol. The van der Waals surface area contributed by atoms with Crippen LogP contribution in [0.5, 0.6) is 0 Å². The molecule has 0 radical (unpaired) electrons. The lowest BCUT2D eigenvalue weighted by Gasteiger charge is -2.13. The predicted molar refractivity (Wildman–Crippen MR) is 87.2 cm³/mol. The first kappa shape index (κ1) is 15.7. The van der Waals surface area contributed by atoms with Crippen LogP contribution >= 0.6 is 15.9 Å². The Morgan fingerprint density at radius 1 is 1.38 bits per heavy atom. The summed E-state index contributed by atoms with van der Waals surface area (Å²) in [6, 6.07) is 8.08. The molecule has 0 bridgehead atoms. The largest absolute Gasteiger partial charge is 0.319 e. The van der Waals surface area contributed by atoms with E-state index in [0.29, 0.717) is 19.0 Å². The molecule has 0 saturated carbocycles. The minimum Gasteiger partial charge on any atom is -0.319 e. The van der Waals surface area contributed by atoms with Gasteiger partial charge in [-0.25, -0.2) is 4.98 Å². The first-order chi connectivity index (χ1) is 10.1. The van der Waals surface area contributed by atoms with Gasteiger partial charge in [0.05, 0.1) is 6.54 Å². The van der Waals surface area contributed by atoms with Crippen LogP contribution in [0.25, 0.3) is 0 Å². The minimum absolute atomic E-state index is 0.0346. The molecule has 2 rings (SSSR count). The highest BCUT2D eigenvalue weighted by Gasteiger charge is 2.14. The molecule has 2 N–H and O–H groups in total. The van der Waals surface area contributed by atoms with Crippen LogP contribution in [-0.4, -0.2) is 29.1 Å². The Morgan fingerprint density at radius 3 is 2.76 bits per heavy atom. The summed E-state index contributed by atoms with van der Waals surface area (Å²) >= 11 is 3.42. The van der Waals surface area contributed by atoms with Crippen molar-refractivity contribution < 1.29 is 4.79 Å². The monoisotopic (exact) mass is 350 g/mol. The molecule has 6 heteroatoms. The fourth-order valence-corrected chi connectivity index (χ4v) is 2.24. The molecule has 1 aromatic carbocycles. The molecular weight excluding hydrogens is 332 g/mol. The summed E-state index contributed by atoms with van der Waals surface area (Å²) in [6.45, 7) is 3.19. The molecule has 0 spiro atoms. The number of carbonyl (C=O) groups is 1. The van der Waals surface area contributed by atoms with E-state index in [1.54, 1.807) is 6.20 Å². The van der Waals surface area contributed by atoms with E-state index in [1.165, 1.54) is 0 Å². The van der Waals surface area contributed by atoms with Crippen molar-refractivity contribution in [1.82, 2.24) is 14.9 Å². The standard InChI is InChI=1S/C15H19BrN4O/c1-11(9-17-2)14(21)19-15-18-7-8-20(15)10-12-3-5-13(16)6-4-12/h3-8,11,17H,9-10H2,1-2H3,(H,18,19,21). The normalized spacial score (nSPS) is 12.1. The SMILES string of the molecule is CNCC(C)C(=O)Nc1nccn1Cc1ccc(Br)cc1. The highest BCUT2D eigenvalue weighted by atomic mass is 79.9. The van der Waals surface area contributed by atoms with Crippen LogP contribution in [-0.2, 0) is 11.3 Å². The molecule has 21 heavy (non-hydrogen) atoms. The van der Waals surface area contributed by atoms with Gasteiger partial charge >= 0.3 is 0 Å². The average Bonchev–Trinajstić information content (AvgIpc) is 2.89. The van der Waals surface area contributed by atoms with Gasteiger partial charge < -0.3 is 9.88 Å². The maximum atomic E-state index is 12.0. The summed E-state index contributed by atoms with van der Waals surface area (Å²) in [5.41, 5.74) is 1.15. The van der Waals surface area contributed by atoms with Gasteiger partial charge in [-0.3, -0.25) is 10.1 Å². The third-order valence-corrected chi connectivity index (χ3v) is 3.70. The van der Waals surface area contributed by atoms with Gasteiger partial charge in [0.2, 0.25) is 11.9 Å². The summed E-state index contributed by atoms with van der Waals surface area (Å²) in [6.07, 6.45) is 3.55. The summed E-state index contributed by atoms with van der Waals surface area (Å²) in [4.78, 5) is 16.3. The van der Waals surface area contributed by atoms with E-state index < -0.39 is 0 Å². The van der Waals surface area contributed by atoms with Crippen molar-refractivity contribution in [2.75, 3.05) is 18.9 Å². The van der Waals surface area contributed by atoms with Crippen LogP contribution in [0.15, 0.2) is 41.1 Å². The molecule has 2 aromatic rings. The lowest BCUT2D eigenvalue weighted by molar-refractivity contribution is -0.119. The highest BCUT2D eigenvalue weighted by Crippen LogP contribution is 2.14. The number of halogens is 1. The van der Waals surface area contributed by atoms with Gasteiger partial charge in [-0.05, 0) is 24.7 Å². The molecule has 5 nitrogen and oxygen atoms in total. The Labute approximate surface area is 132 Å². The van der Waals surface area contributed by atoms with Gasteiger partial charge in [0.25, 0.3) is 0 Å². The molecule has 0 aliphatic carbocycles. The number of nitrogens with zero attached hydrogens (tertiary/aromatic N) is 2. The molecule has 1 heterocycles. The molecule has 1 aromatic heterocycles. The maximum absolute atomic E-state index is 12.0. The summed E-state index contributed by atoms with van der Waals surface area (Å²) < 4.78 is 2.97. The summed E-state index contributed by atoms with van der Waals surface area (Å²) in [7, 11) is 1.83.